The van der Waals surface area contributed by atoms with E-state index >= 15 is 0 Å². The molecule has 3 aromatic rings. The minimum absolute atomic E-state index is 0.0481. The van der Waals surface area contributed by atoms with Gasteiger partial charge >= 0.3 is 0 Å². The molecule has 0 spiro atoms. The van der Waals surface area contributed by atoms with Gasteiger partial charge in [-0.25, -0.2) is 12.8 Å². The molecule has 0 saturated carbocycles. The van der Waals surface area contributed by atoms with E-state index in [9.17, 15) is 17.6 Å². The van der Waals surface area contributed by atoms with E-state index in [0.717, 1.165) is 5.69 Å². The second-order valence-electron chi connectivity index (χ2n) is 7.84. The monoisotopic (exact) mass is 537 g/mol. The molecule has 35 heavy (non-hydrogen) atoms. The van der Waals surface area contributed by atoms with Crippen LogP contribution in [0.2, 0.25) is 10.0 Å². The first-order chi connectivity index (χ1) is 16.7. The van der Waals surface area contributed by atoms with Crippen LogP contribution in [0.15, 0.2) is 71.6 Å². The number of hydrogen-bond donors (Lipinski definition) is 1. The second-order valence-corrected chi connectivity index (χ2v) is 10.4. The Morgan fingerprint density at radius 1 is 0.943 bits per heavy atom. The maximum Gasteiger partial charge on any atom is 0.261 e. The third-order valence-electron chi connectivity index (χ3n) is 5.49. The number of nitrogens with zero attached hydrogens (tertiary/aromatic N) is 2. The fourth-order valence-corrected chi connectivity index (χ4v) is 5.10. The third kappa shape index (κ3) is 6.36. The highest BCUT2D eigenvalue weighted by molar-refractivity contribution is 7.92. The van der Waals surface area contributed by atoms with Crippen molar-refractivity contribution in [1.82, 2.24) is 4.90 Å². The maximum atomic E-state index is 13.1. The van der Waals surface area contributed by atoms with Gasteiger partial charge in [0, 0.05) is 42.6 Å². The van der Waals surface area contributed by atoms with Gasteiger partial charge in [-0.2, -0.15) is 0 Å². The molecule has 4 rings (SSSR count). The number of halogens is 3. The van der Waals surface area contributed by atoms with Crippen molar-refractivity contribution >= 4 is 50.5 Å². The van der Waals surface area contributed by atoms with Crippen LogP contribution < -0.4 is 14.4 Å². The van der Waals surface area contributed by atoms with E-state index in [1.807, 2.05) is 0 Å². The summed E-state index contributed by atoms with van der Waals surface area (Å²) in [4.78, 5) is 16.3. The van der Waals surface area contributed by atoms with Gasteiger partial charge in [-0.1, -0.05) is 23.2 Å². The average Bonchev–Trinajstić information content (AvgIpc) is 2.85. The summed E-state index contributed by atoms with van der Waals surface area (Å²) in [6.45, 7) is 2.00. The average molecular weight is 538 g/mol. The van der Waals surface area contributed by atoms with Crippen LogP contribution in [-0.2, 0) is 14.8 Å². The Morgan fingerprint density at radius 2 is 1.60 bits per heavy atom. The summed E-state index contributed by atoms with van der Waals surface area (Å²) in [5.41, 5.74) is 1.26. The number of sulfonamides is 1. The fourth-order valence-electron chi connectivity index (χ4n) is 3.59. The van der Waals surface area contributed by atoms with Crippen LogP contribution in [0.25, 0.3) is 0 Å². The fraction of sp³-hybridized carbons (Fsp3) is 0.208. The lowest BCUT2D eigenvalue weighted by Gasteiger charge is -2.36. The van der Waals surface area contributed by atoms with E-state index in [4.69, 9.17) is 27.9 Å². The zero-order valence-corrected chi connectivity index (χ0v) is 20.8. The Kier molecular flexibility index (Phi) is 7.69. The molecule has 3 aromatic carbocycles. The highest BCUT2D eigenvalue weighted by Crippen LogP contribution is 2.29. The number of piperazine rings is 1. The summed E-state index contributed by atoms with van der Waals surface area (Å²) in [6.07, 6.45) is 0. The lowest BCUT2D eigenvalue weighted by atomic mass is 10.2. The number of benzene rings is 3. The van der Waals surface area contributed by atoms with Crippen molar-refractivity contribution in [3.05, 3.63) is 82.6 Å². The van der Waals surface area contributed by atoms with Crippen LogP contribution in [0.1, 0.15) is 0 Å². The number of anilines is 2. The van der Waals surface area contributed by atoms with Gasteiger partial charge in [0.15, 0.2) is 6.61 Å². The molecule has 0 unspecified atom stereocenters. The molecule has 1 heterocycles. The number of carbonyl (C=O) groups excluding carboxylic acids is 1. The summed E-state index contributed by atoms with van der Waals surface area (Å²) in [5.74, 6) is -0.293. The van der Waals surface area contributed by atoms with Gasteiger partial charge in [0.05, 0.1) is 9.92 Å². The summed E-state index contributed by atoms with van der Waals surface area (Å²) in [5, 5.41) is 0.555. The molecule has 1 N–H and O–H groups in total. The smallest absolute Gasteiger partial charge is 0.261 e. The van der Waals surface area contributed by atoms with Crippen LogP contribution in [0.5, 0.6) is 5.75 Å². The number of rotatable bonds is 7. The highest BCUT2D eigenvalue weighted by atomic mass is 35.5. The van der Waals surface area contributed by atoms with E-state index < -0.39 is 10.0 Å². The summed E-state index contributed by atoms with van der Waals surface area (Å²) in [6, 6.07) is 16.5. The zero-order valence-electron chi connectivity index (χ0n) is 18.5. The molecule has 1 aliphatic rings. The van der Waals surface area contributed by atoms with Crippen LogP contribution in [0.3, 0.4) is 0 Å². The Hall–Kier alpha value is -3.01. The van der Waals surface area contributed by atoms with Crippen molar-refractivity contribution in [2.24, 2.45) is 0 Å². The third-order valence-corrected chi connectivity index (χ3v) is 7.41. The zero-order chi connectivity index (χ0) is 25.0. The number of hydrogen-bond acceptors (Lipinski definition) is 5. The largest absolute Gasteiger partial charge is 0.482 e. The normalized spacial score (nSPS) is 14.0. The van der Waals surface area contributed by atoms with Crippen molar-refractivity contribution < 1.29 is 22.3 Å². The summed E-state index contributed by atoms with van der Waals surface area (Å²) in [7, 11) is -3.88. The Bertz CT molecular complexity index is 1300. The molecule has 0 atom stereocenters. The molecule has 0 radical (unpaired) electrons. The van der Waals surface area contributed by atoms with Gasteiger partial charge in [0.1, 0.15) is 11.6 Å². The predicted molar refractivity (Wildman–Crippen MR) is 134 cm³/mol. The van der Waals surface area contributed by atoms with Crippen LogP contribution in [0.4, 0.5) is 15.8 Å². The molecule has 1 amide bonds. The van der Waals surface area contributed by atoms with Crippen molar-refractivity contribution in [3.63, 3.8) is 0 Å². The molecule has 1 saturated heterocycles. The van der Waals surface area contributed by atoms with Gasteiger partial charge < -0.3 is 14.5 Å². The van der Waals surface area contributed by atoms with Crippen LogP contribution in [-0.4, -0.2) is 52.0 Å². The number of nitrogens with one attached hydrogen (secondary N) is 1. The lowest BCUT2D eigenvalue weighted by molar-refractivity contribution is -0.133. The lowest BCUT2D eigenvalue weighted by Crippen LogP contribution is -2.50. The molecule has 0 aliphatic carbocycles. The van der Waals surface area contributed by atoms with E-state index in [1.165, 1.54) is 30.3 Å². The SMILES string of the molecule is O=C(COc1ccc(S(=O)(=O)Nc2ccc(Cl)cc2)cc1Cl)N1CCN(c2ccc(F)cc2)CC1. The van der Waals surface area contributed by atoms with Gasteiger partial charge in [-0.05, 0) is 66.7 Å². The van der Waals surface area contributed by atoms with Gasteiger partial charge in [-0.15, -0.1) is 0 Å². The molecule has 1 fully saturated rings. The first-order valence-electron chi connectivity index (χ1n) is 10.7. The van der Waals surface area contributed by atoms with E-state index in [0.29, 0.717) is 36.9 Å². The molecule has 11 heteroatoms. The number of carbonyl (C=O) groups is 1. The predicted octanol–water partition coefficient (Wildman–Crippen LogP) is 4.66. The molecule has 0 bridgehead atoms. The van der Waals surface area contributed by atoms with Crippen molar-refractivity contribution in [2.45, 2.75) is 4.90 Å². The Balaban J connectivity index is 1.31. The molecular weight excluding hydrogens is 516 g/mol. The molecule has 184 valence electrons. The Morgan fingerprint density at radius 3 is 2.23 bits per heavy atom. The minimum Gasteiger partial charge on any atom is -0.482 e. The first kappa shape index (κ1) is 25.1. The number of ether oxygens (including phenoxy) is 1. The van der Waals surface area contributed by atoms with Gasteiger partial charge in [0.2, 0.25) is 0 Å². The van der Waals surface area contributed by atoms with Crippen LogP contribution in [0, 0.1) is 5.82 Å². The highest BCUT2D eigenvalue weighted by Gasteiger charge is 2.22. The second kappa shape index (κ2) is 10.7. The minimum atomic E-state index is -3.88. The topological polar surface area (TPSA) is 78.9 Å². The molecule has 1 aliphatic heterocycles. The van der Waals surface area contributed by atoms with Crippen molar-refractivity contribution in [2.75, 3.05) is 42.4 Å². The first-order valence-corrected chi connectivity index (χ1v) is 12.9. The maximum absolute atomic E-state index is 13.1. The summed E-state index contributed by atoms with van der Waals surface area (Å²) >= 11 is 12.1. The van der Waals surface area contributed by atoms with Crippen molar-refractivity contribution in [1.29, 1.82) is 0 Å². The van der Waals surface area contributed by atoms with Gasteiger partial charge in [0.25, 0.3) is 15.9 Å². The molecular formula is C24H22Cl2FN3O4S. The number of amides is 1. The van der Waals surface area contributed by atoms with Crippen molar-refractivity contribution in [3.8, 4) is 5.75 Å². The van der Waals surface area contributed by atoms with Crippen LogP contribution >= 0.6 is 23.2 Å². The Labute approximate surface area is 213 Å². The summed E-state index contributed by atoms with van der Waals surface area (Å²) < 4.78 is 46.4. The van der Waals surface area contributed by atoms with E-state index in [2.05, 4.69) is 9.62 Å². The molecule has 0 aromatic heterocycles. The van der Waals surface area contributed by atoms with E-state index in [1.54, 1.807) is 41.3 Å². The standard InChI is InChI=1S/C24H22Cl2FN3O4S/c25-17-1-5-19(6-2-17)28-35(32,33)21-9-10-23(22(26)15-21)34-16-24(31)30-13-11-29(12-14-30)20-7-3-18(27)4-8-20/h1-10,15,28H,11-14,16H2. The quantitative estimate of drug-likeness (QED) is 0.474. The molecule has 7 nitrogen and oxygen atoms in total. The van der Waals surface area contributed by atoms with E-state index in [-0.39, 0.29) is 34.0 Å². The van der Waals surface area contributed by atoms with Gasteiger partial charge in [-0.3, -0.25) is 9.52 Å².